The highest BCUT2D eigenvalue weighted by Gasteiger charge is 2.10. The van der Waals surface area contributed by atoms with Crippen molar-refractivity contribution in [1.29, 1.82) is 0 Å². The molecule has 3 nitrogen and oxygen atoms in total. The van der Waals surface area contributed by atoms with Gasteiger partial charge in [0.05, 0.1) is 5.02 Å². The molecule has 0 aliphatic heterocycles. The number of hydrogen-bond acceptors (Lipinski definition) is 4. The Balaban J connectivity index is 1.89. The zero-order valence-electron chi connectivity index (χ0n) is 12.2. The minimum Gasteiger partial charge on any atom is -0.316 e. The highest BCUT2D eigenvalue weighted by Crippen LogP contribution is 2.30. The Morgan fingerprint density at radius 3 is 2.86 bits per heavy atom. The lowest BCUT2D eigenvalue weighted by atomic mass is 10.2. The third-order valence-corrected chi connectivity index (χ3v) is 4.25. The van der Waals surface area contributed by atoms with Crippen molar-refractivity contribution in [3.8, 4) is 10.6 Å². The molecule has 2 aromatic rings. The molecule has 0 radical (unpaired) electrons. The highest BCUT2D eigenvalue weighted by atomic mass is 35.5. The fourth-order valence-corrected chi connectivity index (χ4v) is 3.12. The SMILES string of the molecule is CC(C)CNCCCc1nnc(-c2ccc(F)cc2Cl)s1. The largest absolute Gasteiger partial charge is 0.316 e. The van der Waals surface area contributed by atoms with Crippen LogP contribution in [0, 0.1) is 11.7 Å². The molecular formula is C15H19ClFN3S. The molecule has 21 heavy (non-hydrogen) atoms. The van der Waals surface area contributed by atoms with Crippen LogP contribution in [0.3, 0.4) is 0 Å². The maximum Gasteiger partial charge on any atom is 0.149 e. The van der Waals surface area contributed by atoms with Crippen molar-refractivity contribution in [2.45, 2.75) is 26.7 Å². The zero-order chi connectivity index (χ0) is 15.2. The minimum atomic E-state index is -0.343. The van der Waals surface area contributed by atoms with Gasteiger partial charge in [0.15, 0.2) is 0 Å². The molecule has 114 valence electrons. The van der Waals surface area contributed by atoms with Crippen molar-refractivity contribution in [1.82, 2.24) is 15.5 Å². The Hall–Kier alpha value is -1.04. The van der Waals surface area contributed by atoms with Crippen molar-refractivity contribution < 1.29 is 4.39 Å². The Bertz CT molecular complexity index is 586. The molecule has 6 heteroatoms. The third kappa shape index (κ3) is 5.02. The van der Waals surface area contributed by atoms with Crippen molar-refractivity contribution >= 4 is 22.9 Å². The Labute approximate surface area is 133 Å². The van der Waals surface area contributed by atoms with Crippen LogP contribution in [0.4, 0.5) is 4.39 Å². The van der Waals surface area contributed by atoms with Gasteiger partial charge in [0.25, 0.3) is 0 Å². The normalized spacial score (nSPS) is 11.3. The third-order valence-electron chi connectivity index (χ3n) is 2.93. The first-order valence-electron chi connectivity index (χ1n) is 7.05. The van der Waals surface area contributed by atoms with Crippen molar-refractivity contribution in [2.75, 3.05) is 13.1 Å². The smallest absolute Gasteiger partial charge is 0.149 e. The van der Waals surface area contributed by atoms with Gasteiger partial charge in [-0.1, -0.05) is 36.8 Å². The predicted octanol–water partition coefficient (Wildman–Crippen LogP) is 4.18. The number of hydrogen-bond donors (Lipinski definition) is 1. The van der Waals surface area contributed by atoms with Crippen molar-refractivity contribution in [2.24, 2.45) is 5.92 Å². The molecule has 1 N–H and O–H groups in total. The molecule has 0 saturated carbocycles. The number of aryl methyl sites for hydroxylation is 1. The average molecular weight is 328 g/mol. The molecule has 0 atom stereocenters. The molecule has 1 heterocycles. The summed E-state index contributed by atoms with van der Waals surface area (Å²) in [6.07, 6.45) is 1.92. The topological polar surface area (TPSA) is 37.8 Å². The number of benzene rings is 1. The Kier molecular flexibility index (Phi) is 6.08. The summed E-state index contributed by atoms with van der Waals surface area (Å²) < 4.78 is 13.0. The van der Waals surface area contributed by atoms with Crippen molar-refractivity contribution in [3.05, 3.63) is 34.0 Å². The number of rotatable bonds is 7. The van der Waals surface area contributed by atoms with E-state index in [-0.39, 0.29) is 5.82 Å². The second-order valence-electron chi connectivity index (χ2n) is 5.33. The number of nitrogens with one attached hydrogen (secondary N) is 1. The first-order valence-corrected chi connectivity index (χ1v) is 8.24. The molecule has 0 unspecified atom stereocenters. The van der Waals surface area contributed by atoms with E-state index in [0.717, 1.165) is 41.5 Å². The summed E-state index contributed by atoms with van der Waals surface area (Å²) in [5, 5.41) is 13.8. The van der Waals surface area contributed by atoms with Crippen LogP contribution >= 0.6 is 22.9 Å². The van der Waals surface area contributed by atoms with Gasteiger partial charge in [-0.2, -0.15) is 0 Å². The fourth-order valence-electron chi connectivity index (χ4n) is 1.88. The quantitative estimate of drug-likeness (QED) is 0.775. The van der Waals surface area contributed by atoms with Gasteiger partial charge in [-0.25, -0.2) is 4.39 Å². The van der Waals surface area contributed by atoms with Crippen LogP contribution in [-0.4, -0.2) is 23.3 Å². The van der Waals surface area contributed by atoms with Crippen molar-refractivity contribution in [3.63, 3.8) is 0 Å². The molecule has 1 aromatic carbocycles. The first-order chi connectivity index (χ1) is 10.1. The molecule has 0 aliphatic rings. The van der Waals surface area contributed by atoms with E-state index in [0.29, 0.717) is 10.9 Å². The van der Waals surface area contributed by atoms with Gasteiger partial charge >= 0.3 is 0 Å². The van der Waals surface area contributed by atoms with Crippen LogP contribution in [0.5, 0.6) is 0 Å². The lowest BCUT2D eigenvalue weighted by Gasteiger charge is -2.05. The standard InChI is InChI=1S/C15H19ClFN3S/c1-10(2)9-18-7-3-4-14-19-20-15(21-14)12-6-5-11(17)8-13(12)16/h5-6,8,10,18H,3-4,7,9H2,1-2H3. The molecule has 0 bridgehead atoms. The van der Waals surface area contributed by atoms with Gasteiger partial charge in [0.1, 0.15) is 15.8 Å². The van der Waals surface area contributed by atoms with Gasteiger partial charge < -0.3 is 5.32 Å². The summed E-state index contributed by atoms with van der Waals surface area (Å²) in [5.41, 5.74) is 0.736. The van der Waals surface area contributed by atoms with Crippen LogP contribution < -0.4 is 5.32 Å². The number of halogens is 2. The highest BCUT2D eigenvalue weighted by molar-refractivity contribution is 7.14. The summed E-state index contributed by atoms with van der Waals surface area (Å²) >= 11 is 7.55. The minimum absolute atomic E-state index is 0.343. The lowest BCUT2D eigenvalue weighted by molar-refractivity contribution is 0.542. The number of aromatic nitrogens is 2. The van der Waals surface area contributed by atoms with Crippen LogP contribution in [0.2, 0.25) is 5.02 Å². The average Bonchev–Trinajstić information content (AvgIpc) is 2.86. The monoisotopic (exact) mass is 327 g/mol. The zero-order valence-corrected chi connectivity index (χ0v) is 13.8. The van der Waals surface area contributed by atoms with Gasteiger partial charge in [0.2, 0.25) is 0 Å². The van der Waals surface area contributed by atoms with E-state index in [1.807, 2.05) is 0 Å². The molecule has 0 fully saturated rings. The molecular weight excluding hydrogens is 309 g/mol. The molecule has 2 rings (SSSR count). The Morgan fingerprint density at radius 2 is 2.14 bits per heavy atom. The fraction of sp³-hybridized carbons (Fsp3) is 0.467. The Morgan fingerprint density at radius 1 is 1.33 bits per heavy atom. The summed E-state index contributed by atoms with van der Waals surface area (Å²) in [5.74, 6) is 0.323. The first kappa shape index (κ1) is 16.3. The van der Waals surface area contributed by atoms with Crippen LogP contribution in [0.1, 0.15) is 25.3 Å². The maximum absolute atomic E-state index is 13.0. The van der Waals surface area contributed by atoms with Crippen LogP contribution in [-0.2, 0) is 6.42 Å². The predicted molar refractivity (Wildman–Crippen MR) is 86.3 cm³/mol. The summed E-state index contributed by atoms with van der Waals surface area (Å²) in [7, 11) is 0. The van der Waals surface area contributed by atoms with E-state index in [1.165, 1.54) is 23.5 Å². The van der Waals surface area contributed by atoms with Crippen LogP contribution in [0.25, 0.3) is 10.6 Å². The molecule has 0 amide bonds. The summed E-state index contributed by atoms with van der Waals surface area (Å²) in [6.45, 7) is 6.39. The van der Waals surface area contributed by atoms with Gasteiger partial charge in [0, 0.05) is 12.0 Å². The second kappa shape index (κ2) is 7.82. The number of nitrogens with zero attached hydrogens (tertiary/aromatic N) is 2. The van der Waals surface area contributed by atoms with E-state index in [2.05, 4.69) is 29.4 Å². The second-order valence-corrected chi connectivity index (χ2v) is 6.80. The van der Waals surface area contributed by atoms with E-state index in [1.54, 1.807) is 6.07 Å². The van der Waals surface area contributed by atoms with Gasteiger partial charge in [-0.3, -0.25) is 0 Å². The van der Waals surface area contributed by atoms with Crippen LogP contribution in [0.15, 0.2) is 18.2 Å². The van der Waals surface area contributed by atoms with Gasteiger partial charge in [-0.05, 0) is 43.6 Å². The van der Waals surface area contributed by atoms with E-state index >= 15 is 0 Å². The summed E-state index contributed by atoms with van der Waals surface area (Å²) in [4.78, 5) is 0. The molecule has 0 spiro atoms. The summed E-state index contributed by atoms with van der Waals surface area (Å²) in [6, 6.07) is 4.33. The molecule has 0 saturated heterocycles. The lowest BCUT2D eigenvalue weighted by Crippen LogP contribution is -2.21. The maximum atomic E-state index is 13.0. The van der Waals surface area contributed by atoms with Gasteiger partial charge in [-0.15, -0.1) is 10.2 Å². The van der Waals surface area contributed by atoms with E-state index < -0.39 is 0 Å². The molecule has 1 aromatic heterocycles. The molecule has 0 aliphatic carbocycles. The van der Waals surface area contributed by atoms with E-state index in [9.17, 15) is 4.39 Å². The van der Waals surface area contributed by atoms with E-state index in [4.69, 9.17) is 11.6 Å².